The molecule has 7 nitrogen and oxygen atoms in total. The number of hydrogen-bond donors (Lipinski definition) is 3. The van der Waals surface area contributed by atoms with Crippen molar-refractivity contribution in [1.82, 2.24) is 4.90 Å². The molecule has 0 radical (unpaired) electrons. The molecule has 0 saturated carbocycles. The molecule has 1 aromatic carbocycles. The van der Waals surface area contributed by atoms with Crippen LogP contribution in [0.3, 0.4) is 0 Å². The third-order valence-electron chi connectivity index (χ3n) is 2.84. The number of hydrogen-bond acceptors (Lipinski definition) is 5. The average molecular weight is 319 g/mol. The van der Waals surface area contributed by atoms with Gasteiger partial charge in [0.05, 0.1) is 4.90 Å². The predicted molar refractivity (Wildman–Crippen MR) is 78.3 cm³/mol. The Morgan fingerprint density at radius 1 is 1.14 bits per heavy atom. The number of carbonyl (C=O) groups is 1. The molecule has 0 aliphatic carbocycles. The summed E-state index contributed by atoms with van der Waals surface area (Å²) in [4.78, 5) is 12.3. The van der Waals surface area contributed by atoms with Crippen LogP contribution in [0.1, 0.15) is 31.1 Å². The Morgan fingerprint density at radius 2 is 1.62 bits per heavy atom. The van der Waals surface area contributed by atoms with Crippen molar-refractivity contribution in [2.75, 3.05) is 19.6 Å². The molecule has 120 valence electrons. The maximum absolute atomic E-state index is 10.6. The topological polar surface area (TPSA) is 115 Å². The van der Waals surface area contributed by atoms with E-state index >= 15 is 0 Å². The highest BCUT2D eigenvalue weighted by molar-refractivity contribution is 7.85. The van der Waals surface area contributed by atoms with Gasteiger partial charge in [-0.25, -0.2) is 4.79 Å². The highest BCUT2D eigenvalue weighted by atomic mass is 32.2. The third kappa shape index (κ3) is 6.56. The Hall–Kier alpha value is -1.64. The maximum atomic E-state index is 10.6. The summed E-state index contributed by atoms with van der Waals surface area (Å²) in [6.45, 7) is 10.1. The van der Waals surface area contributed by atoms with E-state index < -0.39 is 32.3 Å². The summed E-state index contributed by atoms with van der Waals surface area (Å²) in [7, 11) is -4.45. The molecule has 0 amide bonds. The van der Waals surface area contributed by atoms with Crippen LogP contribution in [0.5, 0.6) is 5.75 Å². The van der Waals surface area contributed by atoms with Gasteiger partial charge in [-0.3, -0.25) is 4.55 Å². The first-order valence-electron chi connectivity index (χ1n) is 6.43. The highest BCUT2D eigenvalue weighted by Crippen LogP contribution is 2.20. The minimum atomic E-state index is -4.45. The molecule has 0 bridgehead atoms. The van der Waals surface area contributed by atoms with E-state index in [1.165, 1.54) is 19.6 Å². The number of benzene rings is 1. The first-order valence-corrected chi connectivity index (χ1v) is 7.87. The van der Waals surface area contributed by atoms with Crippen LogP contribution >= 0.6 is 0 Å². The summed E-state index contributed by atoms with van der Waals surface area (Å²) in [5, 5.41) is 17.5. The Balaban J connectivity index is 0.000000486. The van der Waals surface area contributed by atoms with E-state index in [9.17, 15) is 13.2 Å². The van der Waals surface area contributed by atoms with Crippen LogP contribution in [-0.2, 0) is 10.1 Å². The molecule has 0 aromatic heterocycles. The zero-order chi connectivity index (χ0) is 16.6. The smallest absolute Gasteiger partial charge is 0.339 e. The number of carboxylic acids is 1. The van der Waals surface area contributed by atoms with E-state index in [-0.39, 0.29) is 0 Å². The summed E-state index contributed by atoms with van der Waals surface area (Å²) >= 11 is 0. The van der Waals surface area contributed by atoms with Crippen molar-refractivity contribution < 1.29 is 28.0 Å². The van der Waals surface area contributed by atoms with E-state index in [1.54, 1.807) is 0 Å². The normalized spacial score (nSPS) is 10.9. The van der Waals surface area contributed by atoms with Gasteiger partial charge in [-0.15, -0.1) is 0 Å². The SMILES string of the molecule is CCN(CC)CC.O=C(O)c1cc(S(=O)(=O)O)ccc1O. The Labute approximate surface area is 124 Å². The van der Waals surface area contributed by atoms with Crippen molar-refractivity contribution >= 4 is 16.1 Å². The second-order valence-electron chi connectivity index (χ2n) is 4.08. The summed E-state index contributed by atoms with van der Waals surface area (Å²) in [5.41, 5.74) is -0.583. The van der Waals surface area contributed by atoms with Crippen LogP contribution in [0.2, 0.25) is 0 Å². The lowest BCUT2D eigenvalue weighted by Crippen LogP contribution is -2.21. The van der Waals surface area contributed by atoms with Gasteiger partial charge in [-0.05, 0) is 37.8 Å². The van der Waals surface area contributed by atoms with Gasteiger partial charge in [0.25, 0.3) is 10.1 Å². The van der Waals surface area contributed by atoms with E-state index in [0.717, 1.165) is 12.1 Å². The number of carboxylic acid groups (broad SMARTS) is 1. The largest absolute Gasteiger partial charge is 0.507 e. The molecule has 1 aromatic rings. The molecular weight excluding hydrogens is 298 g/mol. The number of rotatable bonds is 5. The van der Waals surface area contributed by atoms with Gasteiger partial charge in [0.15, 0.2) is 0 Å². The fourth-order valence-electron chi connectivity index (χ4n) is 1.52. The molecular formula is C13H21NO6S. The summed E-state index contributed by atoms with van der Waals surface area (Å²) in [5.74, 6) is -2.04. The quantitative estimate of drug-likeness (QED) is 0.707. The monoisotopic (exact) mass is 319 g/mol. The first-order chi connectivity index (χ1) is 9.67. The number of aromatic carboxylic acids is 1. The lowest BCUT2D eigenvalue weighted by molar-refractivity contribution is 0.0693. The molecule has 0 saturated heterocycles. The van der Waals surface area contributed by atoms with Crippen molar-refractivity contribution in [3.05, 3.63) is 23.8 Å². The Kier molecular flexibility index (Phi) is 7.93. The Bertz CT molecular complexity index is 561. The lowest BCUT2D eigenvalue weighted by atomic mass is 10.2. The fraction of sp³-hybridized carbons (Fsp3) is 0.462. The standard InChI is InChI=1S/C7H6O6S.C6H15N/c8-6-2-1-4(14(11,12)13)3-5(6)7(9)10;1-4-7(5-2)6-3/h1-3,8H,(H,9,10)(H,11,12,13);4-6H2,1-3H3. The molecule has 0 spiro atoms. The number of nitrogens with zero attached hydrogens (tertiary/aromatic N) is 1. The van der Waals surface area contributed by atoms with Crippen LogP contribution in [0.4, 0.5) is 0 Å². The van der Waals surface area contributed by atoms with Crippen molar-refractivity contribution in [3.63, 3.8) is 0 Å². The summed E-state index contributed by atoms with van der Waals surface area (Å²) in [6.07, 6.45) is 0. The first kappa shape index (κ1) is 19.4. The summed E-state index contributed by atoms with van der Waals surface area (Å²) < 4.78 is 29.8. The fourth-order valence-corrected chi connectivity index (χ4v) is 2.02. The summed E-state index contributed by atoms with van der Waals surface area (Å²) in [6, 6.07) is 2.46. The van der Waals surface area contributed by atoms with Crippen LogP contribution in [0, 0.1) is 0 Å². The molecule has 0 heterocycles. The molecule has 21 heavy (non-hydrogen) atoms. The molecule has 3 N–H and O–H groups in total. The predicted octanol–water partition coefficient (Wildman–Crippen LogP) is 1.69. The average Bonchev–Trinajstić information content (AvgIpc) is 2.40. The molecule has 0 aliphatic rings. The van der Waals surface area contributed by atoms with E-state index in [2.05, 4.69) is 25.7 Å². The second-order valence-corrected chi connectivity index (χ2v) is 5.50. The number of phenols is 1. The second kappa shape index (κ2) is 8.60. The Morgan fingerprint density at radius 3 is 1.90 bits per heavy atom. The van der Waals surface area contributed by atoms with Crippen LogP contribution in [0.15, 0.2) is 23.1 Å². The molecule has 0 fully saturated rings. The molecule has 1 rings (SSSR count). The zero-order valence-corrected chi connectivity index (χ0v) is 13.1. The van der Waals surface area contributed by atoms with Gasteiger partial charge in [-0.2, -0.15) is 8.42 Å². The number of aromatic hydroxyl groups is 1. The minimum Gasteiger partial charge on any atom is -0.507 e. The van der Waals surface area contributed by atoms with E-state index in [0.29, 0.717) is 6.07 Å². The molecule has 0 atom stereocenters. The molecule has 0 aliphatic heterocycles. The van der Waals surface area contributed by atoms with Gasteiger partial charge in [0, 0.05) is 0 Å². The molecule has 0 unspecified atom stereocenters. The zero-order valence-electron chi connectivity index (χ0n) is 12.3. The maximum Gasteiger partial charge on any atom is 0.339 e. The van der Waals surface area contributed by atoms with Gasteiger partial charge in [0.2, 0.25) is 0 Å². The van der Waals surface area contributed by atoms with Crippen molar-refractivity contribution in [2.45, 2.75) is 25.7 Å². The van der Waals surface area contributed by atoms with Gasteiger partial charge in [-0.1, -0.05) is 20.8 Å². The molecule has 8 heteroatoms. The van der Waals surface area contributed by atoms with Gasteiger partial charge in [0.1, 0.15) is 11.3 Å². The van der Waals surface area contributed by atoms with Crippen LogP contribution in [0.25, 0.3) is 0 Å². The van der Waals surface area contributed by atoms with E-state index in [1.807, 2.05) is 0 Å². The van der Waals surface area contributed by atoms with Crippen molar-refractivity contribution in [1.29, 1.82) is 0 Å². The third-order valence-corrected chi connectivity index (χ3v) is 3.69. The van der Waals surface area contributed by atoms with Crippen LogP contribution in [-0.4, -0.2) is 53.7 Å². The highest BCUT2D eigenvalue weighted by Gasteiger charge is 2.16. The van der Waals surface area contributed by atoms with Crippen molar-refractivity contribution in [2.24, 2.45) is 0 Å². The van der Waals surface area contributed by atoms with Crippen molar-refractivity contribution in [3.8, 4) is 5.75 Å². The van der Waals surface area contributed by atoms with Gasteiger partial charge >= 0.3 is 5.97 Å². The van der Waals surface area contributed by atoms with Crippen LogP contribution < -0.4 is 0 Å². The van der Waals surface area contributed by atoms with Gasteiger partial charge < -0.3 is 15.1 Å². The van der Waals surface area contributed by atoms with E-state index in [4.69, 9.17) is 14.8 Å². The minimum absolute atomic E-state index is 0.565. The lowest BCUT2D eigenvalue weighted by Gasteiger charge is -2.13.